The first-order valence-electron chi connectivity index (χ1n) is 12.1. The molecule has 1 aromatic carbocycles. The van der Waals surface area contributed by atoms with Gasteiger partial charge in [-0.2, -0.15) is 5.10 Å². The molecule has 2 aliphatic heterocycles. The predicted octanol–water partition coefficient (Wildman–Crippen LogP) is 3.82. The van der Waals surface area contributed by atoms with Gasteiger partial charge in [0.05, 0.1) is 11.4 Å². The van der Waals surface area contributed by atoms with E-state index in [1.165, 1.54) is 18.4 Å². The molecule has 2 saturated heterocycles. The molecular weight excluding hydrogens is 412 g/mol. The van der Waals surface area contributed by atoms with E-state index in [-0.39, 0.29) is 11.8 Å². The van der Waals surface area contributed by atoms with E-state index in [0.29, 0.717) is 6.42 Å². The van der Waals surface area contributed by atoms with Gasteiger partial charge in [0.25, 0.3) is 0 Å². The van der Waals surface area contributed by atoms with E-state index in [4.69, 9.17) is 10.1 Å². The Morgan fingerprint density at radius 3 is 2.70 bits per heavy atom. The van der Waals surface area contributed by atoms with Gasteiger partial charge in [0, 0.05) is 63.5 Å². The topological polar surface area (TPSA) is 67.2 Å². The zero-order valence-electron chi connectivity index (χ0n) is 19.4. The highest BCUT2D eigenvalue weighted by atomic mass is 16.2. The Morgan fingerprint density at radius 2 is 1.88 bits per heavy atom. The highest BCUT2D eigenvalue weighted by Crippen LogP contribution is 2.33. The van der Waals surface area contributed by atoms with E-state index in [0.717, 1.165) is 68.3 Å². The minimum atomic E-state index is 0.223. The normalized spacial score (nSPS) is 18.6. The standard InChI is InChI=1S/C26H32N6O/c1-30-19-22(23-13-14-27-26(28-23)31-15-5-6-16-31)25(29-30)21-10-7-17-32(18-21)24(33)12-11-20-8-3-2-4-9-20/h2-4,8-9,13-14,19,21H,5-7,10-12,15-18H2,1H3/t21-/m1/s1. The second-order valence-corrected chi connectivity index (χ2v) is 9.20. The molecule has 0 bridgehead atoms. The maximum atomic E-state index is 13.0. The van der Waals surface area contributed by atoms with Crippen molar-refractivity contribution >= 4 is 11.9 Å². The van der Waals surface area contributed by atoms with Crippen LogP contribution in [0.2, 0.25) is 0 Å². The van der Waals surface area contributed by atoms with Gasteiger partial charge in [-0.05, 0) is 43.7 Å². The van der Waals surface area contributed by atoms with Crippen LogP contribution >= 0.6 is 0 Å². The van der Waals surface area contributed by atoms with Gasteiger partial charge < -0.3 is 9.80 Å². The summed E-state index contributed by atoms with van der Waals surface area (Å²) in [6.45, 7) is 3.60. The van der Waals surface area contributed by atoms with Crippen LogP contribution in [0, 0.1) is 0 Å². The largest absolute Gasteiger partial charge is 0.342 e. The third-order valence-corrected chi connectivity index (χ3v) is 6.80. The lowest BCUT2D eigenvalue weighted by Gasteiger charge is -2.32. The molecule has 5 rings (SSSR count). The first-order chi connectivity index (χ1) is 16.2. The number of hydrogen-bond acceptors (Lipinski definition) is 5. The van der Waals surface area contributed by atoms with Crippen LogP contribution in [0.25, 0.3) is 11.3 Å². The molecule has 33 heavy (non-hydrogen) atoms. The predicted molar refractivity (Wildman–Crippen MR) is 129 cm³/mol. The maximum Gasteiger partial charge on any atom is 0.225 e. The van der Waals surface area contributed by atoms with Crippen LogP contribution in [-0.2, 0) is 18.3 Å². The molecule has 7 nitrogen and oxygen atoms in total. The van der Waals surface area contributed by atoms with Gasteiger partial charge in [0.1, 0.15) is 0 Å². The lowest BCUT2D eigenvalue weighted by molar-refractivity contribution is -0.132. The van der Waals surface area contributed by atoms with Crippen molar-refractivity contribution in [1.82, 2.24) is 24.6 Å². The molecule has 2 aromatic heterocycles. The number of carbonyl (C=O) groups excluding carboxylic acids is 1. The van der Waals surface area contributed by atoms with E-state index in [2.05, 4.69) is 28.2 Å². The average Bonchev–Trinajstić information content (AvgIpc) is 3.54. The molecule has 0 aliphatic carbocycles. The lowest BCUT2D eigenvalue weighted by atomic mass is 9.91. The van der Waals surface area contributed by atoms with Crippen molar-refractivity contribution < 1.29 is 4.79 Å². The number of aromatic nitrogens is 4. The highest BCUT2D eigenvalue weighted by Gasteiger charge is 2.29. The Balaban J connectivity index is 1.31. The van der Waals surface area contributed by atoms with Crippen LogP contribution < -0.4 is 4.90 Å². The monoisotopic (exact) mass is 444 g/mol. The molecule has 3 aromatic rings. The third kappa shape index (κ3) is 4.92. The van der Waals surface area contributed by atoms with Crippen molar-refractivity contribution in [2.75, 3.05) is 31.1 Å². The summed E-state index contributed by atoms with van der Waals surface area (Å²) in [6, 6.07) is 12.2. The average molecular weight is 445 g/mol. The number of aryl methyl sites for hydroxylation is 2. The zero-order valence-corrected chi connectivity index (χ0v) is 19.4. The van der Waals surface area contributed by atoms with Crippen LogP contribution in [0.3, 0.4) is 0 Å². The molecule has 2 aliphatic rings. The Hall–Kier alpha value is -3.22. The number of nitrogens with zero attached hydrogens (tertiary/aromatic N) is 6. The fraction of sp³-hybridized carbons (Fsp3) is 0.462. The number of rotatable bonds is 6. The molecule has 1 atom stereocenters. The molecule has 172 valence electrons. The van der Waals surface area contributed by atoms with Crippen LogP contribution in [0.5, 0.6) is 0 Å². The highest BCUT2D eigenvalue weighted by molar-refractivity contribution is 5.76. The zero-order chi connectivity index (χ0) is 22.6. The van der Waals surface area contributed by atoms with Crippen LogP contribution in [0.15, 0.2) is 48.8 Å². The molecule has 0 spiro atoms. The first-order valence-corrected chi connectivity index (χ1v) is 12.1. The molecular formula is C26H32N6O. The number of benzene rings is 1. The number of anilines is 1. The molecule has 0 radical (unpaired) electrons. The van der Waals surface area contributed by atoms with Crippen LogP contribution in [0.1, 0.15) is 49.3 Å². The summed E-state index contributed by atoms with van der Waals surface area (Å²) in [7, 11) is 1.96. The Labute approximate surface area is 195 Å². The quantitative estimate of drug-likeness (QED) is 0.578. The van der Waals surface area contributed by atoms with Gasteiger partial charge in [-0.1, -0.05) is 30.3 Å². The molecule has 0 N–H and O–H groups in total. The fourth-order valence-corrected chi connectivity index (χ4v) is 5.05. The van der Waals surface area contributed by atoms with E-state index >= 15 is 0 Å². The van der Waals surface area contributed by atoms with Crippen molar-refractivity contribution in [1.29, 1.82) is 0 Å². The number of amides is 1. The summed E-state index contributed by atoms with van der Waals surface area (Å²) < 4.78 is 1.87. The Bertz CT molecular complexity index is 1090. The number of likely N-dealkylation sites (tertiary alicyclic amines) is 1. The summed E-state index contributed by atoms with van der Waals surface area (Å²) in [5.41, 5.74) is 4.24. The van der Waals surface area contributed by atoms with Crippen LogP contribution in [0.4, 0.5) is 5.95 Å². The molecule has 0 saturated carbocycles. The van der Waals surface area contributed by atoms with Gasteiger partial charge in [-0.25, -0.2) is 9.97 Å². The molecule has 7 heteroatoms. The van der Waals surface area contributed by atoms with Gasteiger partial charge in [-0.15, -0.1) is 0 Å². The smallest absolute Gasteiger partial charge is 0.225 e. The molecule has 4 heterocycles. The maximum absolute atomic E-state index is 13.0. The number of hydrogen-bond donors (Lipinski definition) is 0. The van der Waals surface area contributed by atoms with Gasteiger partial charge in [-0.3, -0.25) is 9.48 Å². The molecule has 1 amide bonds. The van der Waals surface area contributed by atoms with E-state index in [9.17, 15) is 4.79 Å². The van der Waals surface area contributed by atoms with Crippen molar-refractivity contribution in [2.45, 2.75) is 44.4 Å². The SMILES string of the molecule is Cn1cc(-c2ccnc(N3CCCC3)n2)c([C@@H]2CCCN(C(=O)CCc3ccccc3)C2)n1. The van der Waals surface area contributed by atoms with E-state index in [1.54, 1.807) is 0 Å². The summed E-state index contributed by atoms with van der Waals surface area (Å²) in [6.07, 6.45) is 9.68. The second-order valence-electron chi connectivity index (χ2n) is 9.20. The first kappa shape index (κ1) is 21.6. The Morgan fingerprint density at radius 1 is 1.06 bits per heavy atom. The number of piperidine rings is 1. The molecule has 0 unspecified atom stereocenters. The summed E-state index contributed by atoms with van der Waals surface area (Å²) in [5, 5.41) is 4.83. The lowest BCUT2D eigenvalue weighted by Crippen LogP contribution is -2.39. The minimum Gasteiger partial charge on any atom is -0.342 e. The van der Waals surface area contributed by atoms with Crippen molar-refractivity contribution in [2.24, 2.45) is 7.05 Å². The van der Waals surface area contributed by atoms with Gasteiger partial charge >= 0.3 is 0 Å². The van der Waals surface area contributed by atoms with Crippen molar-refractivity contribution in [3.05, 3.63) is 60.0 Å². The van der Waals surface area contributed by atoms with Gasteiger partial charge in [0.2, 0.25) is 11.9 Å². The van der Waals surface area contributed by atoms with E-state index < -0.39 is 0 Å². The Kier molecular flexibility index (Phi) is 6.37. The summed E-state index contributed by atoms with van der Waals surface area (Å²) in [5.74, 6) is 1.27. The number of carbonyl (C=O) groups is 1. The fourth-order valence-electron chi connectivity index (χ4n) is 5.05. The minimum absolute atomic E-state index is 0.223. The van der Waals surface area contributed by atoms with E-state index in [1.807, 2.05) is 47.1 Å². The summed E-state index contributed by atoms with van der Waals surface area (Å²) in [4.78, 5) is 26.7. The second kappa shape index (κ2) is 9.73. The third-order valence-electron chi connectivity index (χ3n) is 6.80. The van der Waals surface area contributed by atoms with Crippen LogP contribution in [-0.4, -0.2) is 56.7 Å². The summed E-state index contributed by atoms with van der Waals surface area (Å²) >= 11 is 0. The van der Waals surface area contributed by atoms with Crippen molar-refractivity contribution in [3.63, 3.8) is 0 Å². The van der Waals surface area contributed by atoms with Gasteiger partial charge in [0.15, 0.2) is 0 Å². The molecule has 2 fully saturated rings. The van der Waals surface area contributed by atoms with Crippen molar-refractivity contribution in [3.8, 4) is 11.3 Å².